The Morgan fingerprint density at radius 3 is 2.11 bits per heavy atom. The van der Waals surface area contributed by atoms with E-state index in [0.29, 0.717) is 6.61 Å². The standard InChI is InChI=1S/C22H35NO3S/c1-19(2,3)22(20(4,5)6)26-23(14-16-12-10-9-11-13-16)18(27-22)17-15-24-21(7,8)25-17/h9-13,17-18H,14-15H2,1-8H3/t17-,18-/m1/s1. The lowest BCUT2D eigenvalue weighted by Crippen LogP contribution is -2.51. The van der Waals surface area contributed by atoms with Gasteiger partial charge in [0.15, 0.2) is 5.79 Å². The van der Waals surface area contributed by atoms with Crippen LogP contribution in [0.3, 0.4) is 0 Å². The fourth-order valence-electron chi connectivity index (χ4n) is 4.22. The lowest BCUT2D eigenvalue weighted by molar-refractivity contribution is -0.270. The number of benzene rings is 1. The van der Waals surface area contributed by atoms with Crippen molar-refractivity contribution in [1.29, 1.82) is 0 Å². The molecular weight excluding hydrogens is 358 g/mol. The minimum atomic E-state index is -0.543. The maximum Gasteiger partial charge on any atom is 0.163 e. The predicted molar refractivity (Wildman–Crippen MR) is 111 cm³/mol. The van der Waals surface area contributed by atoms with E-state index in [9.17, 15) is 0 Å². The minimum absolute atomic E-state index is 0.0275. The van der Waals surface area contributed by atoms with Gasteiger partial charge in [-0.3, -0.25) is 4.84 Å². The number of rotatable bonds is 3. The van der Waals surface area contributed by atoms with Crippen LogP contribution in [0.4, 0.5) is 0 Å². The highest BCUT2D eigenvalue weighted by molar-refractivity contribution is 8.01. The van der Waals surface area contributed by atoms with Crippen LogP contribution in [0.25, 0.3) is 0 Å². The first-order valence-electron chi connectivity index (χ1n) is 9.84. The van der Waals surface area contributed by atoms with Crippen LogP contribution in [0, 0.1) is 10.8 Å². The van der Waals surface area contributed by atoms with Crippen LogP contribution < -0.4 is 0 Å². The Hall–Kier alpha value is -0.590. The smallest absolute Gasteiger partial charge is 0.163 e. The van der Waals surface area contributed by atoms with Gasteiger partial charge in [0.2, 0.25) is 0 Å². The summed E-state index contributed by atoms with van der Waals surface area (Å²) in [6, 6.07) is 10.5. The largest absolute Gasteiger partial charge is 0.348 e. The Morgan fingerprint density at radius 1 is 1.04 bits per heavy atom. The van der Waals surface area contributed by atoms with Gasteiger partial charge in [-0.15, -0.1) is 0 Å². The van der Waals surface area contributed by atoms with Crippen LogP contribution in [-0.2, 0) is 20.9 Å². The van der Waals surface area contributed by atoms with Gasteiger partial charge >= 0.3 is 0 Å². The normalized spacial score (nSPS) is 28.6. The summed E-state index contributed by atoms with van der Waals surface area (Å²) in [5.74, 6) is -0.543. The first kappa shape index (κ1) is 21.1. The van der Waals surface area contributed by atoms with Gasteiger partial charge in [-0.25, -0.2) is 0 Å². The maximum atomic E-state index is 6.84. The summed E-state index contributed by atoms with van der Waals surface area (Å²) < 4.78 is 12.1. The zero-order chi connectivity index (χ0) is 20.1. The van der Waals surface area contributed by atoms with E-state index in [2.05, 4.69) is 70.9 Å². The molecule has 0 radical (unpaired) electrons. The molecule has 2 aliphatic rings. The van der Waals surface area contributed by atoms with Gasteiger partial charge in [0.05, 0.1) is 13.2 Å². The Bertz CT molecular complexity index is 634. The van der Waals surface area contributed by atoms with Crippen molar-refractivity contribution in [3.63, 3.8) is 0 Å². The van der Waals surface area contributed by atoms with Crippen LogP contribution in [0.2, 0.25) is 0 Å². The van der Waals surface area contributed by atoms with Gasteiger partial charge in [-0.1, -0.05) is 83.6 Å². The molecule has 2 atom stereocenters. The summed E-state index contributed by atoms with van der Waals surface area (Å²) in [6.45, 7) is 18.9. The molecule has 3 rings (SSSR count). The average Bonchev–Trinajstić information content (AvgIpc) is 3.08. The molecule has 4 nitrogen and oxygen atoms in total. The SMILES string of the molecule is CC1(C)OC[C@H]([C@H]2SC(C(C)(C)C)(C(C)(C)C)ON2Cc2ccccc2)O1. The highest BCUT2D eigenvalue weighted by Crippen LogP contribution is 2.61. The van der Waals surface area contributed by atoms with E-state index < -0.39 is 5.79 Å². The summed E-state index contributed by atoms with van der Waals surface area (Å²) in [6.07, 6.45) is -0.0275. The molecule has 0 aromatic heterocycles. The number of hydrogen-bond acceptors (Lipinski definition) is 5. The average molecular weight is 394 g/mol. The number of nitrogens with zero attached hydrogens (tertiary/aromatic N) is 1. The van der Waals surface area contributed by atoms with Gasteiger partial charge in [-0.2, -0.15) is 5.06 Å². The zero-order valence-electron chi connectivity index (χ0n) is 18.0. The molecule has 0 saturated carbocycles. The first-order chi connectivity index (χ1) is 12.3. The summed E-state index contributed by atoms with van der Waals surface area (Å²) in [5.41, 5.74) is 1.14. The van der Waals surface area contributed by atoms with E-state index in [1.165, 1.54) is 5.56 Å². The Morgan fingerprint density at radius 2 is 1.63 bits per heavy atom. The third-order valence-electron chi connectivity index (χ3n) is 5.32. The van der Waals surface area contributed by atoms with Crippen molar-refractivity contribution >= 4 is 11.8 Å². The monoisotopic (exact) mass is 393 g/mol. The van der Waals surface area contributed by atoms with Crippen LogP contribution in [0.5, 0.6) is 0 Å². The van der Waals surface area contributed by atoms with Gasteiger partial charge in [-0.05, 0) is 19.4 Å². The van der Waals surface area contributed by atoms with Crippen molar-refractivity contribution in [3.05, 3.63) is 35.9 Å². The second kappa shape index (κ2) is 7.03. The van der Waals surface area contributed by atoms with Gasteiger partial charge in [0.25, 0.3) is 0 Å². The second-order valence-corrected chi connectivity index (χ2v) is 11.4. The molecule has 0 amide bonds. The van der Waals surface area contributed by atoms with Crippen molar-refractivity contribution in [2.45, 2.75) is 84.1 Å². The third kappa shape index (κ3) is 4.08. The minimum Gasteiger partial charge on any atom is -0.348 e. The van der Waals surface area contributed by atoms with Gasteiger partial charge in [0.1, 0.15) is 16.4 Å². The molecule has 1 aromatic rings. The van der Waals surface area contributed by atoms with Crippen molar-refractivity contribution < 1.29 is 14.3 Å². The number of thioether (sulfide) groups is 1. The number of hydroxylamine groups is 2. The Labute approximate surface area is 168 Å². The first-order valence-corrected chi connectivity index (χ1v) is 10.7. The quantitative estimate of drug-likeness (QED) is 0.683. The molecule has 1 aromatic carbocycles. The van der Waals surface area contributed by atoms with Gasteiger partial charge < -0.3 is 9.47 Å². The lowest BCUT2D eigenvalue weighted by atomic mass is 9.73. The van der Waals surface area contributed by atoms with E-state index in [-0.39, 0.29) is 27.2 Å². The van der Waals surface area contributed by atoms with Crippen LogP contribution in [0.15, 0.2) is 30.3 Å². The molecule has 0 spiro atoms. The molecule has 0 bridgehead atoms. The van der Waals surface area contributed by atoms with Crippen molar-refractivity contribution in [1.82, 2.24) is 5.06 Å². The van der Waals surface area contributed by atoms with E-state index in [0.717, 1.165) is 6.54 Å². The van der Waals surface area contributed by atoms with Crippen LogP contribution in [-0.4, -0.2) is 33.9 Å². The summed E-state index contributed by atoms with van der Waals surface area (Å²) in [5, 5.41) is 2.21. The van der Waals surface area contributed by atoms with E-state index in [4.69, 9.17) is 14.3 Å². The van der Waals surface area contributed by atoms with Crippen molar-refractivity contribution in [2.75, 3.05) is 6.61 Å². The van der Waals surface area contributed by atoms with E-state index in [1.807, 2.05) is 31.7 Å². The fraction of sp³-hybridized carbons (Fsp3) is 0.727. The molecule has 5 heteroatoms. The van der Waals surface area contributed by atoms with Gasteiger partial charge in [0, 0.05) is 10.8 Å². The molecule has 0 aliphatic carbocycles. The summed E-state index contributed by atoms with van der Waals surface area (Å²) >= 11 is 1.90. The zero-order valence-corrected chi connectivity index (χ0v) is 18.9. The fourth-order valence-corrected chi connectivity index (χ4v) is 5.93. The Kier molecular flexibility index (Phi) is 5.50. The molecule has 2 heterocycles. The highest BCUT2D eigenvalue weighted by atomic mass is 32.2. The van der Waals surface area contributed by atoms with E-state index in [1.54, 1.807) is 0 Å². The molecular formula is C22H35NO3S. The predicted octanol–water partition coefficient (Wildman–Crippen LogP) is 5.43. The van der Waals surface area contributed by atoms with E-state index >= 15 is 0 Å². The van der Waals surface area contributed by atoms with Crippen molar-refractivity contribution in [2.24, 2.45) is 10.8 Å². The molecule has 27 heavy (non-hydrogen) atoms. The highest BCUT2D eigenvalue weighted by Gasteiger charge is 2.62. The molecule has 0 unspecified atom stereocenters. The molecule has 2 aliphatic heterocycles. The lowest BCUT2D eigenvalue weighted by Gasteiger charge is -2.48. The molecule has 152 valence electrons. The van der Waals surface area contributed by atoms with Crippen LogP contribution in [0.1, 0.15) is 61.0 Å². The maximum absolute atomic E-state index is 6.84. The third-order valence-corrected chi connectivity index (χ3v) is 7.73. The number of ether oxygens (including phenoxy) is 2. The summed E-state index contributed by atoms with van der Waals surface area (Å²) in [4.78, 5) is 6.47. The number of hydrogen-bond donors (Lipinski definition) is 0. The Balaban J connectivity index is 1.95. The molecule has 0 N–H and O–H groups in total. The van der Waals surface area contributed by atoms with Crippen LogP contribution >= 0.6 is 11.8 Å². The van der Waals surface area contributed by atoms with Crippen molar-refractivity contribution in [3.8, 4) is 0 Å². The molecule has 2 saturated heterocycles. The summed E-state index contributed by atoms with van der Waals surface area (Å²) in [7, 11) is 0. The second-order valence-electron chi connectivity index (χ2n) is 10.1. The topological polar surface area (TPSA) is 30.9 Å². The molecule has 2 fully saturated rings.